The Morgan fingerprint density at radius 3 is 2.50 bits per heavy atom. The Balaban J connectivity index is 1.69. The lowest BCUT2D eigenvalue weighted by molar-refractivity contribution is -0.121. The zero-order chi connectivity index (χ0) is 17.1. The molecule has 0 spiro atoms. The minimum atomic E-state index is -0.147. The van der Waals surface area contributed by atoms with Gasteiger partial charge in [-0.15, -0.1) is 11.3 Å². The Morgan fingerprint density at radius 2 is 1.88 bits per heavy atom. The summed E-state index contributed by atoms with van der Waals surface area (Å²) >= 11 is 5.09. The fraction of sp³-hybridized carbons (Fsp3) is 0.294. The lowest BCUT2D eigenvalue weighted by Crippen LogP contribution is -2.33. The number of carbonyl (C=O) groups is 1. The predicted molar refractivity (Wildman–Crippen MR) is 101 cm³/mol. The molecule has 7 heteroatoms. The lowest BCUT2D eigenvalue weighted by Gasteiger charge is -2.05. The van der Waals surface area contributed by atoms with Crippen molar-refractivity contribution in [2.75, 3.05) is 6.54 Å². The number of fused-ring (bicyclic) bond motifs is 1. The summed E-state index contributed by atoms with van der Waals surface area (Å²) in [7, 11) is 0. The van der Waals surface area contributed by atoms with Crippen LogP contribution in [0.5, 0.6) is 0 Å². The number of para-hydroxylation sites is 2. The van der Waals surface area contributed by atoms with Gasteiger partial charge in [-0.05, 0) is 53.5 Å². The van der Waals surface area contributed by atoms with Gasteiger partial charge in [0.25, 0.3) is 0 Å². The summed E-state index contributed by atoms with van der Waals surface area (Å²) in [6.45, 7) is 3.12. The Morgan fingerprint density at radius 1 is 1.17 bits per heavy atom. The summed E-state index contributed by atoms with van der Waals surface area (Å²) < 4.78 is 4.31. The quantitative estimate of drug-likeness (QED) is 0.682. The highest BCUT2D eigenvalue weighted by atomic mass is 79.9. The van der Waals surface area contributed by atoms with Crippen LogP contribution >= 0.6 is 27.3 Å². The van der Waals surface area contributed by atoms with Gasteiger partial charge < -0.3 is 5.32 Å². The van der Waals surface area contributed by atoms with Gasteiger partial charge >= 0.3 is 5.69 Å². The second kappa shape index (κ2) is 7.36. The van der Waals surface area contributed by atoms with Crippen LogP contribution in [-0.2, 0) is 24.3 Å². The number of carbonyl (C=O) groups excluding carboxylic acids is 1. The molecule has 3 rings (SSSR count). The Bertz CT molecular complexity index is 925. The van der Waals surface area contributed by atoms with Gasteiger partial charge in [0.1, 0.15) is 6.54 Å². The average molecular weight is 408 g/mol. The molecule has 3 aromatic rings. The van der Waals surface area contributed by atoms with Gasteiger partial charge in [-0.3, -0.25) is 13.9 Å². The molecule has 0 saturated carbocycles. The molecule has 0 aliphatic carbocycles. The fourth-order valence-electron chi connectivity index (χ4n) is 2.74. The van der Waals surface area contributed by atoms with Crippen LogP contribution in [0.25, 0.3) is 11.0 Å². The van der Waals surface area contributed by atoms with Crippen molar-refractivity contribution < 1.29 is 4.79 Å². The normalized spacial score (nSPS) is 11.1. The predicted octanol–water partition coefficient (Wildman–Crippen LogP) is 3.01. The zero-order valence-electron chi connectivity index (χ0n) is 13.3. The maximum atomic E-state index is 12.5. The number of benzene rings is 1. The number of halogens is 1. The van der Waals surface area contributed by atoms with Crippen molar-refractivity contribution in [2.24, 2.45) is 0 Å². The third kappa shape index (κ3) is 3.47. The van der Waals surface area contributed by atoms with Gasteiger partial charge in [0.2, 0.25) is 5.91 Å². The summed E-state index contributed by atoms with van der Waals surface area (Å²) in [5.41, 5.74) is 1.51. The molecular formula is C17H18BrN3O2S. The molecule has 1 N–H and O–H groups in total. The molecule has 0 atom stereocenters. The summed E-state index contributed by atoms with van der Waals surface area (Å²) in [6, 6.07) is 11.6. The van der Waals surface area contributed by atoms with E-state index in [-0.39, 0.29) is 18.1 Å². The number of imidazole rings is 1. The van der Waals surface area contributed by atoms with Crippen LogP contribution in [0, 0.1) is 0 Å². The maximum absolute atomic E-state index is 12.5. The minimum Gasteiger partial charge on any atom is -0.354 e. The number of thiophene rings is 1. The minimum absolute atomic E-state index is 0.0421. The van der Waals surface area contributed by atoms with Crippen LogP contribution < -0.4 is 11.0 Å². The molecule has 24 heavy (non-hydrogen) atoms. The van der Waals surface area contributed by atoms with E-state index in [4.69, 9.17) is 0 Å². The van der Waals surface area contributed by atoms with Gasteiger partial charge in [-0.1, -0.05) is 12.1 Å². The first-order valence-corrected chi connectivity index (χ1v) is 9.40. The van der Waals surface area contributed by atoms with Gasteiger partial charge in [0, 0.05) is 18.0 Å². The second-order valence-corrected chi connectivity index (χ2v) is 7.96. The smallest absolute Gasteiger partial charge is 0.329 e. The largest absolute Gasteiger partial charge is 0.354 e. The van der Waals surface area contributed by atoms with E-state index in [9.17, 15) is 9.59 Å². The molecule has 0 fully saturated rings. The summed E-state index contributed by atoms with van der Waals surface area (Å²) in [5, 5.41) is 2.89. The van der Waals surface area contributed by atoms with Crippen molar-refractivity contribution >= 4 is 44.2 Å². The molecule has 0 unspecified atom stereocenters. The monoisotopic (exact) mass is 407 g/mol. The number of aryl methyl sites for hydroxylation is 1. The van der Waals surface area contributed by atoms with Crippen LogP contribution in [-0.4, -0.2) is 21.6 Å². The highest BCUT2D eigenvalue weighted by molar-refractivity contribution is 9.11. The van der Waals surface area contributed by atoms with E-state index in [0.717, 1.165) is 21.2 Å². The van der Waals surface area contributed by atoms with Crippen molar-refractivity contribution in [2.45, 2.75) is 26.4 Å². The molecule has 2 aromatic heterocycles. The molecule has 0 saturated heterocycles. The van der Waals surface area contributed by atoms with E-state index in [1.54, 1.807) is 15.9 Å². The molecular weight excluding hydrogens is 390 g/mol. The zero-order valence-corrected chi connectivity index (χ0v) is 15.7. The number of aromatic nitrogens is 2. The SMILES string of the molecule is CCn1c(=O)n(CC(=O)NCCc2ccc(Br)s2)c2ccccc21. The number of hydrogen-bond donors (Lipinski definition) is 1. The van der Waals surface area contributed by atoms with E-state index < -0.39 is 0 Å². The van der Waals surface area contributed by atoms with Crippen molar-refractivity contribution in [3.8, 4) is 0 Å². The first kappa shape index (κ1) is 17.0. The molecule has 126 valence electrons. The molecule has 1 amide bonds. The Hall–Kier alpha value is -1.86. The Kier molecular flexibility index (Phi) is 5.20. The second-order valence-electron chi connectivity index (χ2n) is 5.41. The maximum Gasteiger partial charge on any atom is 0.329 e. The van der Waals surface area contributed by atoms with Crippen molar-refractivity contribution in [1.29, 1.82) is 0 Å². The highest BCUT2D eigenvalue weighted by Gasteiger charge is 2.14. The van der Waals surface area contributed by atoms with Crippen molar-refractivity contribution in [1.82, 2.24) is 14.5 Å². The first-order chi connectivity index (χ1) is 11.6. The molecule has 5 nitrogen and oxygen atoms in total. The van der Waals surface area contributed by atoms with Crippen molar-refractivity contribution in [3.63, 3.8) is 0 Å². The number of rotatable bonds is 6. The van der Waals surface area contributed by atoms with Gasteiger partial charge in [-0.2, -0.15) is 0 Å². The molecule has 1 aromatic carbocycles. The first-order valence-electron chi connectivity index (χ1n) is 7.79. The number of amides is 1. The summed E-state index contributed by atoms with van der Waals surface area (Å²) in [5.74, 6) is -0.147. The Labute approximate surface area is 152 Å². The van der Waals surface area contributed by atoms with Crippen LogP contribution in [0.4, 0.5) is 0 Å². The van der Waals surface area contributed by atoms with Crippen LogP contribution in [0.1, 0.15) is 11.8 Å². The van der Waals surface area contributed by atoms with Crippen LogP contribution in [0.2, 0.25) is 0 Å². The topological polar surface area (TPSA) is 56.0 Å². The van der Waals surface area contributed by atoms with E-state index in [2.05, 4.69) is 21.2 Å². The molecule has 0 radical (unpaired) electrons. The van der Waals surface area contributed by atoms with Crippen LogP contribution in [0.15, 0.2) is 45.0 Å². The fourth-order valence-corrected chi connectivity index (χ4v) is 4.22. The highest BCUT2D eigenvalue weighted by Crippen LogP contribution is 2.22. The van der Waals surface area contributed by atoms with E-state index >= 15 is 0 Å². The van der Waals surface area contributed by atoms with Gasteiger partial charge in [0.05, 0.1) is 14.8 Å². The van der Waals surface area contributed by atoms with E-state index in [1.165, 1.54) is 9.44 Å². The van der Waals surface area contributed by atoms with Crippen molar-refractivity contribution in [3.05, 3.63) is 55.5 Å². The number of hydrogen-bond acceptors (Lipinski definition) is 3. The van der Waals surface area contributed by atoms with E-state index in [1.807, 2.05) is 43.3 Å². The lowest BCUT2D eigenvalue weighted by atomic mass is 10.3. The number of nitrogens with one attached hydrogen (secondary N) is 1. The van der Waals surface area contributed by atoms with Gasteiger partial charge in [-0.25, -0.2) is 4.79 Å². The van der Waals surface area contributed by atoms with Gasteiger partial charge in [0.15, 0.2) is 0 Å². The third-order valence-corrected chi connectivity index (χ3v) is 5.55. The summed E-state index contributed by atoms with van der Waals surface area (Å²) in [6.07, 6.45) is 0.785. The summed E-state index contributed by atoms with van der Waals surface area (Å²) in [4.78, 5) is 25.9. The molecule has 0 bridgehead atoms. The standard InChI is InChI=1S/C17H18BrN3O2S/c1-2-20-13-5-3-4-6-14(13)21(17(20)23)11-16(22)19-10-9-12-7-8-15(18)24-12/h3-8H,2,9-11H2,1H3,(H,19,22). The molecule has 2 heterocycles. The number of nitrogens with zero attached hydrogens (tertiary/aromatic N) is 2. The average Bonchev–Trinajstić information content (AvgIpc) is 3.09. The van der Waals surface area contributed by atoms with E-state index in [0.29, 0.717) is 13.1 Å². The third-order valence-electron chi connectivity index (χ3n) is 3.87. The molecule has 0 aliphatic heterocycles. The molecule has 0 aliphatic rings. The van der Waals surface area contributed by atoms with Crippen LogP contribution in [0.3, 0.4) is 0 Å².